The maximum atomic E-state index is 12.5. The summed E-state index contributed by atoms with van der Waals surface area (Å²) in [5.41, 5.74) is 1.65. The Balaban J connectivity index is 1.64. The van der Waals surface area contributed by atoms with Crippen molar-refractivity contribution in [3.8, 4) is 11.5 Å². The Morgan fingerprint density at radius 1 is 1.04 bits per heavy atom. The number of carbonyl (C=O) groups is 1. The molecular weight excluding hydrogens is 314 g/mol. The number of benzene rings is 2. The number of para-hydroxylation sites is 1. The molecule has 1 heterocycles. The normalized spacial score (nSPS) is 10.5. The van der Waals surface area contributed by atoms with E-state index >= 15 is 0 Å². The van der Waals surface area contributed by atoms with Gasteiger partial charge in [-0.2, -0.15) is 5.10 Å². The molecule has 2 aromatic carbocycles. The molecule has 3 aromatic rings. The smallest absolute Gasteiger partial charge is 0.272 e. The molecule has 0 radical (unpaired) electrons. The van der Waals surface area contributed by atoms with Crippen LogP contribution >= 0.6 is 0 Å². The van der Waals surface area contributed by atoms with Crippen LogP contribution in [0.15, 0.2) is 66.9 Å². The van der Waals surface area contributed by atoms with Gasteiger partial charge in [-0.3, -0.25) is 9.48 Å². The quantitative estimate of drug-likeness (QED) is 0.685. The molecule has 5 heteroatoms. The molecule has 0 aliphatic carbocycles. The molecule has 0 atom stereocenters. The largest absolute Gasteiger partial charge is 0.457 e. The Hall–Kier alpha value is -3.08. The first kappa shape index (κ1) is 16.8. The zero-order valence-corrected chi connectivity index (χ0v) is 14.4. The molecule has 0 saturated carbocycles. The standard InChI is InChI=1S/C20H21N3O2/c1-3-23-19(13-14-21-23)20(24)22(2)15-16-9-11-18(12-10-16)25-17-7-5-4-6-8-17/h4-14H,3,15H2,1-2H3. The lowest BCUT2D eigenvalue weighted by molar-refractivity contribution is 0.0773. The van der Waals surface area contributed by atoms with E-state index in [-0.39, 0.29) is 5.91 Å². The van der Waals surface area contributed by atoms with Gasteiger partial charge in [-0.05, 0) is 42.8 Å². The van der Waals surface area contributed by atoms with Gasteiger partial charge in [0.05, 0.1) is 0 Å². The number of hydrogen-bond donors (Lipinski definition) is 0. The Labute approximate surface area is 147 Å². The zero-order chi connectivity index (χ0) is 17.6. The number of rotatable bonds is 6. The fourth-order valence-electron chi connectivity index (χ4n) is 2.60. The SMILES string of the molecule is CCn1nccc1C(=O)N(C)Cc1ccc(Oc2ccccc2)cc1. The summed E-state index contributed by atoms with van der Waals surface area (Å²) in [4.78, 5) is 14.2. The van der Waals surface area contributed by atoms with Gasteiger partial charge in [-0.25, -0.2) is 0 Å². The van der Waals surface area contributed by atoms with Crippen molar-refractivity contribution in [1.82, 2.24) is 14.7 Å². The van der Waals surface area contributed by atoms with E-state index < -0.39 is 0 Å². The van der Waals surface area contributed by atoms with Gasteiger partial charge in [0.2, 0.25) is 0 Å². The highest BCUT2D eigenvalue weighted by molar-refractivity contribution is 5.92. The van der Waals surface area contributed by atoms with Crippen molar-refractivity contribution >= 4 is 5.91 Å². The fraction of sp³-hybridized carbons (Fsp3) is 0.200. The fourth-order valence-corrected chi connectivity index (χ4v) is 2.60. The van der Waals surface area contributed by atoms with Crippen molar-refractivity contribution in [1.29, 1.82) is 0 Å². The molecule has 0 aliphatic heterocycles. The molecule has 1 aromatic heterocycles. The van der Waals surface area contributed by atoms with Gasteiger partial charge in [-0.1, -0.05) is 30.3 Å². The van der Waals surface area contributed by atoms with Crippen molar-refractivity contribution in [2.45, 2.75) is 20.0 Å². The number of nitrogens with zero attached hydrogens (tertiary/aromatic N) is 3. The summed E-state index contributed by atoms with van der Waals surface area (Å²) >= 11 is 0. The lowest BCUT2D eigenvalue weighted by Crippen LogP contribution is -2.28. The number of aromatic nitrogens is 2. The molecule has 0 bridgehead atoms. The zero-order valence-electron chi connectivity index (χ0n) is 14.4. The minimum Gasteiger partial charge on any atom is -0.457 e. The molecular formula is C20H21N3O2. The lowest BCUT2D eigenvalue weighted by atomic mass is 10.2. The van der Waals surface area contributed by atoms with Crippen LogP contribution < -0.4 is 4.74 Å². The van der Waals surface area contributed by atoms with Crippen LogP contribution in [0.2, 0.25) is 0 Å². The summed E-state index contributed by atoms with van der Waals surface area (Å²) in [5.74, 6) is 1.53. The number of aryl methyl sites for hydroxylation is 1. The van der Waals surface area contributed by atoms with Crippen molar-refractivity contribution in [2.75, 3.05) is 7.05 Å². The van der Waals surface area contributed by atoms with Gasteiger partial charge in [-0.15, -0.1) is 0 Å². The van der Waals surface area contributed by atoms with Gasteiger partial charge < -0.3 is 9.64 Å². The molecule has 0 unspecified atom stereocenters. The van der Waals surface area contributed by atoms with Crippen LogP contribution in [0.25, 0.3) is 0 Å². The van der Waals surface area contributed by atoms with Crippen LogP contribution in [0.5, 0.6) is 11.5 Å². The maximum Gasteiger partial charge on any atom is 0.272 e. The van der Waals surface area contributed by atoms with Crippen LogP contribution in [-0.4, -0.2) is 27.6 Å². The van der Waals surface area contributed by atoms with Gasteiger partial charge in [0, 0.05) is 26.3 Å². The molecule has 0 aliphatic rings. The highest BCUT2D eigenvalue weighted by Gasteiger charge is 2.16. The highest BCUT2D eigenvalue weighted by atomic mass is 16.5. The van der Waals surface area contributed by atoms with Gasteiger partial charge >= 0.3 is 0 Å². The first-order chi connectivity index (χ1) is 12.2. The monoisotopic (exact) mass is 335 g/mol. The Morgan fingerprint density at radius 2 is 1.72 bits per heavy atom. The summed E-state index contributed by atoms with van der Waals surface area (Å²) < 4.78 is 7.49. The topological polar surface area (TPSA) is 47.4 Å². The minimum atomic E-state index is -0.0380. The highest BCUT2D eigenvalue weighted by Crippen LogP contribution is 2.21. The van der Waals surface area contributed by atoms with Crippen LogP contribution in [0.3, 0.4) is 0 Å². The second kappa shape index (κ2) is 7.66. The third kappa shape index (κ3) is 4.07. The van der Waals surface area contributed by atoms with Gasteiger partial charge in [0.25, 0.3) is 5.91 Å². The van der Waals surface area contributed by atoms with Crippen LogP contribution in [0, 0.1) is 0 Å². The number of amides is 1. The molecule has 0 spiro atoms. The first-order valence-corrected chi connectivity index (χ1v) is 8.26. The number of hydrogen-bond acceptors (Lipinski definition) is 3. The predicted octanol–water partition coefficient (Wildman–Crippen LogP) is 3.97. The van der Waals surface area contributed by atoms with E-state index in [2.05, 4.69) is 5.10 Å². The lowest BCUT2D eigenvalue weighted by Gasteiger charge is -2.18. The Kier molecular flexibility index (Phi) is 5.14. The number of carbonyl (C=O) groups excluding carboxylic acids is 1. The second-order valence-corrected chi connectivity index (χ2v) is 5.75. The van der Waals surface area contributed by atoms with E-state index in [9.17, 15) is 4.79 Å². The minimum absolute atomic E-state index is 0.0380. The Morgan fingerprint density at radius 3 is 2.40 bits per heavy atom. The molecule has 25 heavy (non-hydrogen) atoms. The van der Waals surface area contributed by atoms with Crippen LogP contribution in [-0.2, 0) is 13.1 Å². The molecule has 0 N–H and O–H groups in total. The van der Waals surface area contributed by atoms with E-state index in [0.29, 0.717) is 18.8 Å². The van der Waals surface area contributed by atoms with Crippen molar-refractivity contribution in [3.05, 3.63) is 78.1 Å². The summed E-state index contributed by atoms with van der Waals surface area (Å²) in [5, 5.41) is 4.15. The summed E-state index contributed by atoms with van der Waals surface area (Å²) in [6.07, 6.45) is 1.65. The van der Waals surface area contributed by atoms with Gasteiger partial charge in [0.15, 0.2) is 0 Å². The van der Waals surface area contributed by atoms with Crippen molar-refractivity contribution < 1.29 is 9.53 Å². The summed E-state index contributed by atoms with van der Waals surface area (Å²) in [6.45, 7) is 3.17. The molecule has 1 amide bonds. The second-order valence-electron chi connectivity index (χ2n) is 5.75. The van der Waals surface area contributed by atoms with E-state index in [1.54, 1.807) is 28.9 Å². The Bertz CT molecular complexity index is 826. The molecule has 3 rings (SSSR count). The molecule has 0 fully saturated rings. The average molecular weight is 335 g/mol. The summed E-state index contributed by atoms with van der Waals surface area (Å²) in [7, 11) is 1.80. The van der Waals surface area contributed by atoms with Crippen LogP contribution in [0.1, 0.15) is 23.0 Å². The van der Waals surface area contributed by atoms with Crippen molar-refractivity contribution in [3.63, 3.8) is 0 Å². The molecule has 128 valence electrons. The average Bonchev–Trinajstić information content (AvgIpc) is 3.12. The van der Waals surface area contributed by atoms with E-state index in [0.717, 1.165) is 17.1 Å². The third-order valence-electron chi connectivity index (χ3n) is 3.90. The van der Waals surface area contributed by atoms with E-state index in [4.69, 9.17) is 4.74 Å². The van der Waals surface area contributed by atoms with Crippen molar-refractivity contribution in [2.24, 2.45) is 0 Å². The number of ether oxygens (including phenoxy) is 1. The molecule has 5 nitrogen and oxygen atoms in total. The van der Waals surface area contributed by atoms with E-state index in [1.165, 1.54) is 0 Å². The maximum absolute atomic E-state index is 12.5. The van der Waals surface area contributed by atoms with E-state index in [1.807, 2.05) is 61.5 Å². The third-order valence-corrected chi connectivity index (χ3v) is 3.90. The molecule has 0 saturated heterocycles. The predicted molar refractivity (Wildman–Crippen MR) is 96.7 cm³/mol. The van der Waals surface area contributed by atoms with Gasteiger partial charge in [0.1, 0.15) is 17.2 Å². The first-order valence-electron chi connectivity index (χ1n) is 8.26. The summed E-state index contributed by atoms with van der Waals surface area (Å²) in [6, 6.07) is 19.2. The van der Waals surface area contributed by atoms with Crippen LogP contribution in [0.4, 0.5) is 0 Å².